The highest BCUT2D eigenvalue weighted by Gasteiger charge is 2.50. The molecule has 7 aromatic rings. The quantitative estimate of drug-likeness (QED) is 0.0790. The molecule has 15 heteroatoms. The molecule has 0 radical (unpaired) electrons. The van der Waals surface area contributed by atoms with Crippen molar-refractivity contribution < 1.29 is 41.7 Å². The van der Waals surface area contributed by atoms with Gasteiger partial charge in [-0.05, 0) is 65.2 Å². The lowest BCUT2D eigenvalue weighted by atomic mass is 9.80. The number of para-hydroxylation sites is 1. The summed E-state index contributed by atoms with van der Waals surface area (Å²) in [6, 6.07) is 41.6. The third-order valence-electron chi connectivity index (χ3n) is 9.98. The van der Waals surface area contributed by atoms with Crippen LogP contribution in [0.4, 0.5) is 10.2 Å². The zero-order chi connectivity index (χ0) is 40.8. The number of nitrogens with one attached hydrogen (secondary N) is 1. The SMILES string of the molecule is COc1ccc(C(OC[C@H]2O[C@@H](n3cnc4c(NC(=O)c5ccccc5)ncnc43)[C@@H](F)[C@@H]2O[PH](=O)Oc2ccccc2)(c2ccccc2)c2ccc(OC)cc2)cc1. The smallest absolute Gasteiger partial charge is 0.368 e. The zero-order valence-corrected chi connectivity index (χ0v) is 32.9. The first kappa shape index (κ1) is 39.4. The lowest BCUT2D eigenvalue weighted by Crippen LogP contribution is -2.39. The number of nitrogens with zero attached hydrogens (tertiary/aromatic N) is 4. The van der Waals surface area contributed by atoms with Gasteiger partial charge in [-0.2, -0.15) is 0 Å². The molecular formula is C44H39FN5O8P. The number of fused-ring (bicyclic) bond motifs is 1. The highest BCUT2D eigenvalue weighted by molar-refractivity contribution is 7.33. The number of aromatic nitrogens is 4. The van der Waals surface area contributed by atoms with E-state index in [1.807, 2.05) is 78.9 Å². The number of hydrogen-bond donors (Lipinski definition) is 1. The summed E-state index contributed by atoms with van der Waals surface area (Å²) >= 11 is 0. The number of rotatable bonds is 15. The minimum Gasteiger partial charge on any atom is -0.497 e. The van der Waals surface area contributed by atoms with Crippen molar-refractivity contribution in [2.24, 2.45) is 0 Å². The first-order valence-electron chi connectivity index (χ1n) is 18.6. The van der Waals surface area contributed by atoms with Crippen molar-refractivity contribution in [3.8, 4) is 17.2 Å². The molecule has 0 saturated carbocycles. The molecule has 1 saturated heterocycles. The average Bonchev–Trinajstić information content (AvgIpc) is 3.85. The fourth-order valence-corrected chi connectivity index (χ4v) is 7.97. The third kappa shape index (κ3) is 8.16. The van der Waals surface area contributed by atoms with Crippen LogP contribution in [0.25, 0.3) is 11.2 Å². The largest absolute Gasteiger partial charge is 0.497 e. The van der Waals surface area contributed by atoms with Gasteiger partial charge in [-0.25, -0.2) is 23.9 Å². The zero-order valence-electron chi connectivity index (χ0n) is 31.9. The molecule has 59 heavy (non-hydrogen) atoms. The van der Waals surface area contributed by atoms with Gasteiger partial charge in [0, 0.05) is 5.56 Å². The van der Waals surface area contributed by atoms with E-state index in [0.717, 1.165) is 16.7 Å². The Hall–Kier alpha value is -6.44. The highest BCUT2D eigenvalue weighted by atomic mass is 31.1. The van der Waals surface area contributed by atoms with Crippen LogP contribution in [-0.4, -0.2) is 64.6 Å². The van der Waals surface area contributed by atoms with Gasteiger partial charge in [0.25, 0.3) is 5.91 Å². The van der Waals surface area contributed by atoms with E-state index in [9.17, 15) is 9.36 Å². The molecule has 3 heterocycles. The molecule has 300 valence electrons. The van der Waals surface area contributed by atoms with E-state index in [-0.39, 0.29) is 23.6 Å². The van der Waals surface area contributed by atoms with Gasteiger partial charge in [-0.15, -0.1) is 0 Å². The molecule has 5 atom stereocenters. The van der Waals surface area contributed by atoms with E-state index in [1.165, 1.54) is 17.2 Å². The van der Waals surface area contributed by atoms with E-state index in [1.54, 1.807) is 74.9 Å². The van der Waals surface area contributed by atoms with E-state index in [0.29, 0.717) is 22.8 Å². The van der Waals surface area contributed by atoms with Crippen LogP contribution in [-0.2, 0) is 24.2 Å². The van der Waals surface area contributed by atoms with Crippen LogP contribution in [0.2, 0.25) is 0 Å². The second-order valence-electron chi connectivity index (χ2n) is 13.4. The Bertz CT molecular complexity index is 2470. The van der Waals surface area contributed by atoms with Crippen LogP contribution < -0.4 is 19.3 Å². The van der Waals surface area contributed by atoms with Crippen molar-refractivity contribution in [1.82, 2.24) is 19.5 Å². The van der Waals surface area contributed by atoms with Crippen molar-refractivity contribution in [2.75, 3.05) is 26.1 Å². The van der Waals surface area contributed by atoms with Gasteiger partial charge in [0.1, 0.15) is 41.4 Å². The van der Waals surface area contributed by atoms with Crippen molar-refractivity contribution in [3.63, 3.8) is 0 Å². The first-order chi connectivity index (χ1) is 28.9. The number of alkyl halides is 1. The Morgan fingerprint density at radius 3 is 1.95 bits per heavy atom. The Balaban J connectivity index is 1.16. The maximum Gasteiger partial charge on any atom is 0.368 e. The second-order valence-corrected chi connectivity index (χ2v) is 14.4. The lowest BCUT2D eigenvalue weighted by molar-refractivity contribution is -0.0911. The molecule has 0 spiro atoms. The van der Waals surface area contributed by atoms with E-state index in [4.69, 9.17) is 28.0 Å². The summed E-state index contributed by atoms with van der Waals surface area (Å²) in [5.74, 6) is 1.29. The molecule has 1 N–H and O–H groups in total. The molecule has 1 amide bonds. The summed E-state index contributed by atoms with van der Waals surface area (Å²) in [5, 5.41) is 2.77. The summed E-state index contributed by atoms with van der Waals surface area (Å²) in [6.07, 6.45) is -3.33. The molecule has 8 rings (SSSR count). The standard InChI is InChI=1S/C44H39FN5O8P/c1-53-33-22-18-31(19-23-33)44(30-14-8-4-9-15-30,32-20-24-34(54-2)25-21-32)55-26-36-39(58-59(52)57-35-16-10-5-11-17-35)37(45)43(56-36)50-28-48-38-40(46-27-47-41(38)50)49-42(51)29-12-6-3-7-13-29/h3-25,27-28,36-37,39,43,59H,26H2,1-2H3,(H,46,47,49,51)/t36-,37+,39-,43-/m1/s1. The number of benzene rings is 5. The summed E-state index contributed by atoms with van der Waals surface area (Å²) in [6.45, 7) is -0.255. The molecule has 13 nitrogen and oxygen atoms in total. The molecule has 1 fully saturated rings. The van der Waals surface area contributed by atoms with Crippen LogP contribution in [0.3, 0.4) is 0 Å². The monoisotopic (exact) mass is 815 g/mol. The van der Waals surface area contributed by atoms with Gasteiger partial charge in [0.2, 0.25) is 0 Å². The topological polar surface area (TPSA) is 145 Å². The predicted octanol–water partition coefficient (Wildman–Crippen LogP) is 8.19. The summed E-state index contributed by atoms with van der Waals surface area (Å²) in [4.78, 5) is 26.1. The van der Waals surface area contributed by atoms with Crippen molar-refractivity contribution in [1.29, 1.82) is 0 Å². The number of imidazole rings is 1. The predicted molar refractivity (Wildman–Crippen MR) is 218 cm³/mol. The van der Waals surface area contributed by atoms with Gasteiger partial charge in [-0.3, -0.25) is 13.9 Å². The third-order valence-corrected chi connectivity index (χ3v) is 10.8. The number of methoxy groups -OCH3 is 2. The Kier molecular flexibility index (Phi) is 11.7. The fraction of sp³-hybridized carbons (Fsp3) is 0.182. The maximum absolute atomic E-state index is 17.1. The van der Waals surface area contributed by atoms with Crippen LogP contribution >= 0.6 is 8.25 Å². The van der Waals surface area contributed by atoms with Gasteiger partial charge in [0.15, 0.2) is 29.4 Å². The minimum atomic E-state index is -3.34. The molecule has 2 aromatic heterocycles. The van der Waals surface area contributed by atoms with E-state index in [2.05, 4.69) is 20.3 Å². The highest BCUT2D eigenvalue weighted by Crippen LogP contribution is 2.45. The van der Waals surface area contributed by atoms with E-state index < -0.39 is 44.4 Å². The van der Waals surface area contributed by atoms with Crippen molar-refractivity contribution in [3.05, 3.63) is 174 Å². The molecule has 0 bridgehead atoms. The number of carbonyl (C=O) groups is 1. The number of halogens is 1. The molecule has 1 aliphatic rings. The average molecular weight is 816 g/mol. The lowest BCUT2D eigenvalue weighted by Gasteiger charge is -2.37. The minimum absolute atomic E-state index is 0.122. The van der Waals surface area contributed by atoms with Gasteiger partial charge >= 0.3 is 8.25 Å². The number of carbonyl (C=O) groups excluding carboxylic acids is 1. The molecular weight excluding hydrogens is 776 g/mol. The van der Waals surface area contributed by atoms with Gasteiger partial charge < -0.3 is 28.8 Å². The van der Waals surface area contributed by atoms with E-state index >= 15 is 4.39 Å². The van der Waals surface area contributed by atoms with Crippen LogP contribution in [0.1, 0.15) is 33.3 Å². The maximum atomic E-state index is 17.1. The number of amides is 1. The summed E-state index contributed by atoms with van der Waals surface area (Å²) in [5.41, 5.74) is 1.75. The van der Waals surface area contributed by atoms with Crippen LogP contribution in [0.15, 0.2) is 152 Å². The molecule has 1 aliphatic heterocycles. The van der Waals surface area contributed by atoms with Gasteiger partial charge in [0.05, 0.1) is 27.2 Å². The number of hydrogen-bond acceptors (Lipinski definition) is 11. The number of anilines is 1. The Morgan fingerprint density at radius 1 is 0.763 bits per heavy atom. The summed E-state index contributed by atoms with van der Waals surface area (Å²) < 4.78 is 68.1. The number of ether oxygens (including phenoxy) is 4. The second kappa shape index (κ2) is 17.6. The molecule has 0 aliphatic carbocycles. The van der Waals surface area contributed by atoms with Crippen molar-refractivity contribution in [2.45, 2.75) is 30.2 Å². The Morgan fingerprint density at radius 2 is 1.34 bits per heavy atom. The summed E-state index contributed by atoms with van der Waals surface area (Å²) in [7, 11) is -0.167. The van der Waals surface area contributed by atoms with Crippen LogP contribution in [0, 0.1) is 0 Å². The normalized spacial score (nSPS) is 18.3. The Labute approximate surface area is 339 Å². The first-order valence-corrected chi connectivity index (χ1v) is 19.9. The fourth-order valence-electron chi connectivity index (χ4n) is 7.09. The molecule has 1 unspecified atom stereocenters. The van der Waals surface area contributed by atoms with Gasteiger partial charge in [-0.1, -0.05) is 91.0 Å². The van der Waals surface area contributed by atoms with Crippen molar-refractivity contribution >= 4 is 31.1 Å². The van der Waals surface area contributed by atoms with Crippen LogP contribution in [0.5, 0.6) is 17.2 Å². The molecule has 5 aromatic carbocycles.